The van der Waals surface area contributed by atoms with E-state index >= 15 is 0 Å². The third-order valence-electron chi connectivity index (χ3n) is 5.63. The lowest BCUT2D eigenvalue weighted by molar-refractivity contribution is -0.124. The third-order valence-corrected chi connectivity index (χ3v) is 7.80. The average molecular weight is 494 g/mol. The predicted octanol–water partition coefficient (Wildman–Crippen LogP) is 2.30. The van der Waals surface area contributed by atoms with Crippen molar-refractivity contribution in [1.29, 1.82) is 0 Å². The lowest BCUT2D eigenvalue weighted by Gasteiger charge is -2.35. The first-order valence-electron chi connectivity index (χ1n) is 10.7. The molecule has 2 aromatic rings. The normalized spacial score (nSPS) is 16.2. The van der Waals surface area contributed by atoms with Crippen molar-refractivity contribution in [3.05, 3.63) is 65.2 Å². The zero-order chi connectivity index (χ0) is 23.8. The highest BCUT2D eigenvalue weighted by atomic mass is 35.5. The van der Waals surface area contributed by atoms with Crippen LogP contribution in [0.3, 0.4) is 0 Å². The van der Waals surface area contributed by atoms with E-state index in [1.807, 2.05) is 6.07 Å². The molecule has 178 valence electrons. The number of halogens is 1. The largest absolute Gasteiger partial charge is 0.383 e. The van der Waals surface area contributed by atoms with Crippen molar-refractivity contribution in [2.24, 2.45) is 5.92 Å². The van der Waals surface area contributed by atoms with E-state index in [-0.39, 0.29) is 35.7 Å². The first kappa shape index (κ1) is 25.2. The minimum atomic E-state index is -3.66. The van der Waals surface area contributed by atoms with Crippen molar-refractivity contribution in [2.75, 3.05) is 33.4 Å². The summed E-state index contributed by atoms with van der Waals surface area (Å²) in [6.07, 6.45) is 0.870. The van der Waals surface area contributed by atoms with E-state index in [9.17, 15) is 18.0 Å². The predicted molar refractivity (Wildman–Crippen MR) is 126 cm³/mol. The van der Waals surface area contributed by atoms with Gasteiger partial charge < -0.3 is 15.4 Å². The molecule has 1 saturated heterocycles. The van der Waals surface area contributed by atoms with Crippen LogP contribution in [0, 0.1) is 5.92 Å². The number of methoxy groups -OCH3 is 1. The fraction of sp³-hybridized carbons (Fsp3) is 0.391. The second kappa shape index (κ2) is 11.6. The van der Waals surface area contributed by atoms with Crippen molar-refractivity contribution < 1.29 is 22.7 Å². The van der Waals surface area contributed by atoms with Gasteiger partial charge in [-0.25, -0.2) is 8.42 Å². The smallest absolute Gasteiger partial charge is 0.251 e. The Morgan fingerprint density at radius 1 is 1.09 bits per heavy atom. The summed E-state index contributed by atoms with van der Waals surface area (Å²) in [6, 6.07) is 13.9. The number of ether oxygens (including phenoxy) is 1. The summed E-state index contributed by atoms with van der Waals surface area (Å²) >= 11 is 5.87. The molecular formula is C23H28ClN3O5S. The summed E-state index contributed by atoms with van der Waals surface area (Å²) in [4.78, 5) is 25.8. The van der Waals surface area contributed by atoms with E-state index in [4.69, 9.17) is 16.3 Å². The summed E-state index contributed by atoms with van der Waals surface area (Å²) in [7, 11) is -2.12. The minimum absolute atomic E-state index is 0.177. The molecule has 33 heavy (non-hydrogen) atoms. The number of carbonyl (C=O) groups excluding carboxylic acids is 2. The number of piperidine rings is 1. The van der Waals surface area contributed by atoms with Crippen LogP contribution in [0.25, 0.3) is 0 Å². The SMILES string of the molecule is COCCNC(=O)[C@H](NC(=O)c1ccccc1)C1CCN(S(=O)(=O)c2ccc(Cl)cc2)CC1. The fourth-order valence-corrected chi connectivity index (χ4v) is 5.40. The Morgan fingerprint density at radius 2 is 1.73 bits per heavy atom. The molecule has 10 heteroatoms. The maximum atomic E-state index is 13.0. The number of carbonyl (C=O) groups is 2. The van der Waals surface area contributed by atoms with Gasteiger partial charge in [0, 0.05) is 37.3 Å². The molecule has 2 amide bonds. The molecule has 1 fully saturated rings. The number of sulfonamides is 1. The van der Waals surface area contributed by atoms with Crippen molar-refractivity contribution in [2.45, 2.75) is 23.8 Å². The quantitative estimate of drug-likeness (QED) is 0.521. The number of amides is 2. The molecule has 0 saturated carbocycles. The molecule has 0 aliphatic carbocycles. The molecule has 0 aromatic heterocycles. The van der Waals surface area contributed by atoms with Gasteiger partial charge in [0.15, 0.2) is 0 Å². The Bertz CT molecular complexity index is 1040. The van der Waals surface area contributed by atoms with Gasteiger partial charge in [-0.2, -0.15) is 4.31 Å². The Hall–Kier alpha value is -2.46. The number of hydrogen-bond acceptors (Lipinski definition) is 5. The summed E-state index contributed by atoms with van der Waals surface area (Å²) in [5, 5.41) is 6.10. The zero-order valence-corrected chi connectivity index (χ0v) is 19.9. The van der Waals surface area contributed by atoms with Gasteiger partial charge in [-0.1, -0.05) is 29.8 Å². The van der Waals surface area contributed by atoms with Crippen LogP contribution in [0.5, 0.6) is 0 Å². The monoisotopic (exact) mass is 493 g/mol. The van der Waals surface area contributed by atoms with Crippen LogP contribution in [0.4, 0.5) is 0 Å². The van der Waals surface area contributed by atoms with Gasteiger partial charge in [-0.15, -0.1) is 0 Å². The number of nitrogens with zero attached hydrogens (tertiary/aromatic N) is 1. The molecule has 1 atom stereocenters. The first-order chi connectivity index (χ1) is 15.8. The van der Waals surface area contributed by atoms with E-state index in [1.54, 1.807) is 36.4 Å². The van der Waals surface area contributed by atoms with Gasteiger partial charge in [0.1, 0.15) is 6.04 Å². The number of hydrogen-bond donors (Lipinski definition) is 2. The second-order valence-corrected chi connectivity index (χ2v) is 10.2. The molecule has 0 bridgehead atoms. The fourth-order valence-electron chi connectivity index (χ4n) is 3.80. The van der Waals surface area contributed by atoms with Crippen LogP contribution < -0.4 is 10.6 Å². The summed E-state index contributed by atoms with van der Waals surface area (Å²) in [6.45, 7) is 1.16. The van der Waals surface area contributed by atoms with Crippen LogP contribution in [-0.2, 0) is 19.6 Å². The van der Waals surface area contributed by atoms with Gasteiger partial charge in [-0.05, 0) is 55.2 Å². The number of nitrogens with one attached hydrogen (secondary N) is 2. The summed E-state index contributed by atoms with van der Waals surface area (Å²) in [5.74, 6) is -0.870. The molecular weight excluding hydrogens is 466 g/mol. The molecule has 1 heterocycles. The van der Waals surface area contributed by atoms with Gasteiger partial charge in [0.2, 0.25) is 15.9 Å². The number of benzene rings is 2. The highest BCUT2D eigenvalue weighted by Crippen LogP contribution is 2.27. The topological polar surface area (TPSA) is 105 Å². The Morgan fingerprint density at radius 3 is 2.33 bits per heavy atom. The maximum Gasteiger partial charge on any atom is 0.251 e. The highest BCUT2D eigenvalue weighted by Gasteiger charge is 2.36. The van der Waals surface area contributed by atoms with Crippen LogP contribution in [0.1, 0.15) is 23.2 Å². The first-order valence-corrected chi connectivity index (χ1v) is 12.5. The van der Waals surface area contributed by atoms with E-state index in [1.165, 1.54) is 23.5 Å². The lowest BCUT2D eigenvalue weighted by Crippen LogP contribution is -2.54. The van der Waals surface area contributed by atoms with Crippen molar-refractivity contribution >= 4 is 33.4 Å². The van der Waals surface area contributed by atoms with Gasteiger partial charge in [0.25, 0.3) is 5.91 Å². The molecule has 2 aromatic carbocycles. The molecule has 0 unspecified atom stereocenters. The van der Waals surface area contributed by atoms with Gasteiger partial charge >= 0.3 is 0 Å². The van der Waals surface area contributed by atoms with E-state index < -0.39 is 16.1 Å². The lowest BCUT2D eigenvalue weighted by atomic mass is 9.89. The Labute approximate surface area is 199 Å². The van der Waals surface area contributed by atoms with Crippen LogP contribution in [-0.4, -0.2) is 63.9 Å². The minimum Gasteiger partial charge on any atom is -0.383 e. The molecule has 0 spiro atoms. The van der Waals surface area contributed by atoms with Gasteiger partial charge in [-0.3, -0.25) is 9.59 Å². The van der Waals surface area contributed by atoms with Crippen LogP contribution >= 0.6 is 11.6 Å². The molecule has 1 aliphatic heterocycles. The van der Waals surface area contributed by atoms with Crippen LogP contribution in [0.2, 0.25) is 5.02 Å². The third kappa shape index (κ3) is 6.54. The summed E-state index contributed by atoms with van der Waals surface area (Å²) in [5.41, 5.74) is 0.454. The van der Waals surface area contributed by atoms with Crippen molar-refractivity contribution in [3.8, 4) is 0 Å². The van der Waals surface area contributed by atoms with E-state index in [2.05, 4.69) is 10.6 Å². The summed E-state index contributed by atoms with van der Waals surface area (Å²) < 4.78 is 32.3. The molecule has 0 radical (unpaired) electrons. The Kier molecular flexibility index (Phi) is 8.85. The van der Waals surface area contributed by atoms with E-state index in [0.717, 1.165) is 0 Å². The number of rotatable bonds is 9. The molecule has 8 nitrogen and oxygen atoms in total. The van der Waals surface area contributed by atoms with Crippen molar-refractivity contribution in [1.82, 2.24) is 14.9 Å². The molecule has 1 aliphatic rings. The second-order valence-electron chi connectivity index (χ2n) is 7.80. The molecule has 2 N–H and O–H groups in total. The Balaban J connectivity index is 1.70. The van der Waals surface area contributed by atoms with Crippen LogP contribution in [0.15, 0.2) is 59.5 Å². The van der Waals surface area contributed by atoms with E-state index in [0.29, 0.717) is 36.6 Å². The maximum absolute atomic E-state index is 13.0. The zero-order valence-electron chi connectivity index (χ0n) is 18.4. The standard InChI is InChI=1S/C23H28ClN3O5S/c1-32-16-13-25-23(29)21(26-22(28)18-5-3-2-4-6-18)17-11-14-27(15-12-17)33(30,31)20-9-7-19(24)8-10-20/h2-10,17,21H,11-16H2,1H3,(H,25,29)(H,26,28)/t21-/m1/s1. The highest BCUT2D eigenvalue weighted by molar-refractivity contribution is 7.89. The van der Waals surface area contributed by atoms with Gasteiger partial charge in [0.05, 0.1) is 11.5 Å². The average Bonchev–Trinajstić information content (AvgIpc) is 2.83. The molecule has 3 rings (SSSR count). The van der Waals surface area contributed by atoms with Crippen molar-refractivity contribution in [3.63, 3.8) is 0 Å².